The van der Waals surface area contributed by atoms with E-state index in [1.807, 2.05) is 0 Å². The van der Waals surface area contributed by atoms with Crippen LogP contribution in [0.3, 0.4) is 0 Å². The summed E-state index contributed by atoms with van der Waals surface area (Å²) >= 11 is 5.70. The summed E-state index contributed by atoms with van der Waals surface area (Å²) in [6.45, 7) is -0.522. The van der Waals surface area contributed by atoms with Gasteiger partial charge in [0.05, 0.1) is 0 Å². The summed E-state index contributed by atoms with van der Waals surface area (Å²) < 4.78 is 0. The molecule has 0 atom stereocenters. The van der Waals surface area contributed by atoms with Crippen LogP contribution in [0, 0.1) is 0 Å². The van der Waals surface area contributed by atoms with Crippen molar-refractivity contribution in [3.05, 3.63) is 34.9 Å². The van der Waals surface area contributed by atoms with Gasteiger partial charge in [-0.05, 0) is 24.3 Å². The number of urea groups is 1. The SMILES string of the molecule is CN1CC(=O)N(CC(=O)NNC(=O)c2ccc(Cl)cc2)C1=O. The van der Waals surface area contributed by atoms with Crippen LogP contribution in [0.25, 0.3) is 0 Å². The van der Waals surface area contributed by atoms with E-state index in [1.165, 1.54) is 36.2 Å². The number of hydrogen-bond acceptors (Lipinski definition) is 4. The summed E-state index contributed by atoms with van der Waals surface area (Å²) in [7, 11) is 1.46. The van der Waals surface area contributed by atoms with Crippen LogP contribution in [0.15, 0.2) is 24.3 Å². The summed E-state index contributed by atoms with van der Waals surface area (Å²) in [6, 6.07) is 5.51. The summed E-state index contributed by atoms with van der Waals surface area (Å²) in [4.78, 5) is 48.5. The van der Waals surface area contributed by atoms with Crippen LogP contribution in [0.1, 0.15) is 10.4 Å². The van der Waals surface area contributed by atoms with E-state index in [0.29, 0.717) is 10.6 Å². The third-order valence-corrected chi connectivity index (χ3v) is 3.21. The maximum atomic E-state index is 11.8. The molecule has 0 aromatic heterocycles. The second-order valence-corrected chi connectivity index (χ2v) is 5.06. The number of benzene rings is 1. The highest BCUT2D eigenvalue weighted by Crippen LogP contribution is 2.09. The van der Waals surface area contributed by atoms with Gasteiger partial charge in [-0.1, -0.05) is 11.6 Å². The molecule has 1 aliphatic rings. The Morgan fingerprint density at radius 3 is 2.36 bits per heavy atom. The molecule has 116 valence electrons. The van der Waals surface area contributed by atoms with Crippen LogP contribution in [0.4, 0.5) is 4.79 Å². The number of nitrogens with zero attached hydrogens (tertiary/aromatic N) is 2. The van der Waals surface area contributed by atoms with Crippen LogP contribution in [-0.2, 0) is 9.59 Å². The molecule has 5 amide bonds. The Bertz CT molecular complexity index is 631. The second-order valence-electron chi connectivity index (χ2n) is 4.63. The van der Waals surface area contributed by atoms with Gasteiger partial charge in [0.25, 0.3) is 17.7 Å². The molecule has 1 saturated heterocycles. The Morgan fingerprint density at radius 1 is 1.18 bits per heavy atom. The average Bonchev–Trinajstić information content (AvgIpc) is 2.72. The smallest absolute Gasteiger partial charge is 0.318 e. The largest absolute Gasteiger partial charge is 0.327 e. The van der Waals surface area contributed by atoms with Gasteiger partial charge in [0, 0.05) is 17.6 Å². The standard InChI is InChI=1S/C13H13ClN4O4/c1-17-7-11(20)18(13(17)22)6-10(19)15-16-12(21)8-2-4-9(14)5-3-8/h2-5H,6-7H2,1H3,(H,15,19)(H,16,21). The average molecular weight is 325 g/mol. The minimum Gasteiger partial charge on any atom is -0.318 e. The molecule has 1 aromatic rings. The van der Waals surface area contributed by atoms with Crippen molar-refractivity contribution in [2.24, 2.45) is 0 Å². The Hall–Kier alpha value is -2.61. The summed E-state index contributed by atoms with van der Waals surface area (Å²) in [5.41, 5.74) is 4.63. The molecular weight excluding hydrogens is 312 g/mol. The molecule has 2 rings (SSSR count). The molecule has 1 heterocycles. The summed E-state index contributed by atoms with van der Waals surface area (Å²) in [6.07, 6.45) is 0. The highest BCUT2D eigenvalue weighted by molar-refractivity contribution is 6.30. The van der Waals surface area contributed by atoms with E-state index >= 15 is 0 Å². The lowest BCUT2D eigenvalue weighted by atomic mass is 10.2. The van der Waals surface area contributed by atoms with Gasteiger partial charge in [0.15, 0.2) is 0 Å². The van der Waals surface area contributed by atoms with Crippen molar-refractivity contribution in [3.63, 3.8) is 0 Å². The minimum absolute atomic E-state index is 0.0662. The van der Waals surface area contributed by atoms with Gasteiger partial charge in [-0.15, -0.1) is 0 Å². The molecule has 1 aromatic carbocycles. The maximum Gasteiger partial charge on any atom is 0.327 e. The fourth-order valence-electron chi connectivity index (χ4n) is 1.81. The van der Waals surface area contributed by atoms with Crippen molar-refractivity contribution >= 4 is 35.4 Å². The molecule has 1 fully saturated rings. The maximum absolute atomic E-state index is 11.8. The zero-order valence-electron chi connectivity index (χ0n) is 11.6. The number of nitrogens with one attached hydrogen (secondary N) is 2. The quantitative estimate of drug-likeness (QED) is 0.603. The van der Waals surface area contributed by atoms with Crippen molar-refractivity contribution < 1.29 is 19.2 Å². The van der Waals surface area contributed by atoms with Gasteiger partial charge >= 0.3 is 6.03 Å². The Labute approximate surface area is 131 Å². The zero-order chi connectivity index (χ0) is 16.3. The third kappa shape index (κ3) is 3.53. The van der Waals surface area contributed by atoms with Crippen molar-refractivity contribution in [3.8, 4) is 0 Å². The molecule has 0 bridgehead atoms. The van der Waals surface area contributed by atoms with E-state index < -0.39 is 30.3 Å². The molecule has 22 heavy (non-hydrogen) atoms. The lowest BCUT2D eigenvalue weighted by Crippen LogP contribution is -2.47. The van der Waals surface area contributed by atoms with Crippen LogP contribution < -0.4 is 10.9 Å². The van der Waals surface area contributed by atoms with Gasteiger partial charge in [-0.25, -0.2) is 4.79 Å². The fraction of sp³-hybridized carbons (Fsp3) is 0.231. The zero-order valence-corrected chi connectivity index (χ0v) is 12.4. The first-order valence-corrected chi connectivity index (χ1v) is 6.66. The molecular formula is C13H13ClN4O4. The van der Waals surface area contributed by atoms with Crippen LogP contribution in [0.5, 0.6) is 0 Å². The van der Waals surface area contributed by atoms with Crippen molar-refractivity contribution in [1.29, 1.82) is 0 Å². The topological polar surface area (TPSA) is 98.8 Å². The predicted octanol–water partition coefficient (Wildman–Crippen LogP) is -0.00500. The number of hydrogen-bond donors (Lipinski definition) is 2. The van der Waals surface area contributed by atoms with E-state index in [9.17, 15) is 19.2 Å². The third-order valence-electron chi connectivity index (χ3n) is 2.95. The number of likely N-dealkylation sites (N-methyl/N-ethyl adjacent to an activating group) is 1. The van der Waals surface area contributed by atoms with E-state index in [0.717, 1.165) is 4.90 Å². The molecule has 0 saturated carbocycles. The number of carbonyl (C=O) groups excluding carboxylic acids is 4. The molecule has 0 aliphatic carbocycles. The van der Waals surface area contributed by atoms with Crippen molar-refractivity contribution in [1.82, 2.24) is 20.7 Å². The highest BCUT2D eigenvalue weighted by atomic mass is 35.5. The minimum atomic E-state index is -0.681. The first kappa shape index (κ1) is 15.8. The first-order valence-electron chi connectivity index (χ1n) is 6.28. The van der Waals surface area contributed by atoms with E-state index in [2.05, 4.69) is 10.9 Å². The van der Waals surface area contributed by atoms with Crippen molar-refractivity contribution in [2.45, 2.75) is 0 Å². The molecule has 0 spiro atoms. The number of carbonyl (C=O) groups is 4. The number of amides is 5. The number of hydrazine groups is 1. The summed E-state index contributed by atoms with van der Waals surface area (Å²) in [5, 5.41) is 0.482. The molecule has 9 heteroatoms. The molecule has 0 radical (unpaired) electrons. The second kappa shape index (κ2) is 6.44. The fourth-order valence-corrected chi connectivity index (χ4v) is 1.93. The van der Waals surface area contributed by atoms with Gasteiger partial charge in [0.2, 0.25) is 0 Å². The van der Waals surface area contributed by atoms with Crippen LogP contribution >= 0.6 is 11.6 Å². The molecule has 0 unspecified atom stereocenters. The number of rotatable bonds is 3. The lowest BCUT2D eigenvalue weighted by molar-refractivity contribution is -0.131. The van der Waals surface area contributed by atoms with Gasteiger partial charge in [-0.3, -0.25) is 30.1 Å². The Kier molecular flexibility index (Phi) is 4.62. The van der Waals surface area contributed by atoms with E-state index in [4.69, 9.17) is 11.6 Å². The number of halogens is 1. The summed E-state index contributed by atoms with van der Waals surface area (Å²) in [5.74, 6) is -1.69. The van der Waals surface area contributed by atoms with Gasteiger partial charge in [0.1, 0.15) is 13.1 Å². The van der Waals surface area contributed by atoms with Gasteiger partial charge < -0.3 is 4.90 Å². The van der Waals surface area contributed by atoms with E-state index in [-0.39, 0.29) is 6.54 Å². The molecule has 8 nitrogen and oxygen atoms in total. The first-order chi connectivity index (χ1) is 10.4. The van der Waals surface area contributed by atoms with Crippen LogP contribution in [0.2, 0.25) is 5.02 Å². The monoisotopic (exact) mass is 324 g/mol. The normalized spacial score (nSPS) is 14.3. The molecule has 1 aliphatic heterocycles. The Balaban J connectivity index is 1.85. The van der Waals surface area contributed by atoms with Crippen molar-refractivity contribution in [2.75, 3.05) is 20.1 Å². The predicted molar refractivity (Wildman–Crippen MR) is 76.8 cm³/mol. The lowest BCUT2D eigenvalue weighted by Gasteiger charge is -2.14. The highest BCUT2D eigenvalue weighted by Gasteiger charge is 2.34. The van der Waals surface area contributed by atoms with E-state index in [1.54, 1.807) is 0 Å². The molecule has 2 N–H and O–H groups in total. The van der Waals surface area contributed by atoms with Crippen LogP contribution in [-0.4, -0.2) is 53.7 Å². The van der Waals surface area contributed by atoms with Gasteiger partial charge in [-0.2, -0.15) is 0 Å². The number of imide groups is 1. The Morgan fingerprint density at radius 2 is 1.82 bits per heavy atom.